The monoisotopic (exact) mass is 301 g/mol. The Bertz CT molecular complexity index is 536. The third-order valence-electron chi connectivity index (χ3n) is 2.86. The van der Waals surface area contributed by atoms with Gasteiger partial charge in [-0.15, -0.1) is 0 Å². The van der Waals surface area contributed by atoms with Gasteiger partial charge >= 0.3 is 0 Å². The van der Waals surface area contributed by atoms with Crippen molar-refractivity contribution >= 4 is 23.2 Å². The first kappa shape index (κ1) is 14.4. The lowest BCUT2D eigenvalue weighted by atomic mass is 10.0. The van der Waals surface area contributed by atoms with Gasteiger partial charge < -0.3 is 9.73 Å². The zero-order valence-corrected chi connectivity index (χ0v) is 11.9. The molecule has 0 fully saturated rings. The average Bonchev–Trinajstić information content (AvgIpc) is 2.79. The molecule has 0 spiro atoms. The molecule has 1 aromatic heterocycles. The first-order chi connectivity index (χ1) is 9.11. The summed E-state index contributed by atoms with van der Waals surface area (Å²) in [7, 11) is 0. The van der Waals surface area contributed by atoms with Crippen molar-refractivity contribution < 1.29 is 8.81 Å². The van der Waals surface area contributed by atoms with E-state index >= 15 is 0 Å². The lowest BCUT2D eigenvalue weighted by molar-refractivity contribution is 0.413. The topological polar surface area (TPSA) is 25.2 Å². The summed E-state index contributed by atoms with van der Waals surface area (Å²) in [6.07, 6.45) is 0.406. The van der Waals surface area contributed by atoms with E-state index in [-0.39, 0.29) is 11.9 Å². The normalized spacial score (nSPS) is 12.6. The van der Waals surface area contributed by atoms with Crippen LogP contribution in [0.15, 0.2) is 34.7 Å². The maximum absolute atomic E-state index is 13.8. The van der Waals surface area contributed by atoms with Gasteiger partial charge in [0.25, 0.3) is 0 Å². The zero-order chi connectivity index (χ0) is 13.8. The maximum atomic E-state index is 13.8. The van der Waals surface area contributed by atoms with E-state index in [1.807, 2.05) is 6.92 Å². The minimum absolute atomic E-state index is 0.160. The highest BCUT2D eigenvalue weighted by atomic mass is 35.5. The molecule has 1 aromatic carbocycles. The molecular weight excluding hydrogens is 288 g/mol. The molecular formula is C14H14Cl2FNO. The summed E-state index contributed by atoms with van der Waals surface area (Å²) in [6, 6.07) is 7.96. The highest BCUT2D eigenvalue weighted by Crippen LogP contribution is 2.27. The van der Waals surface area contributed by atoms with Crippen molar-refractivity contribution in [1.82, 2.24) is 5.32 Å². The molecule has 2 nitrogen and oxygen atoms in total. The second kappa shape index (κ2) is 6.42. The van der Waals surface area contributed by atoms with E-state index in [1.165, 1.54) is 6.07 Å². The van der Waals surface area contributed by atoms with Crippen molar-refractivity contribution in [2.75, 3.05) is 6.54 Å². The van der Waals surface area contributed by atoms with Gasteiger partial charge in [0.15, 0.2) is 5.22 Å². The van der Waals surface area contributed by atoms with Gasteiger partial charge in [-0.3, -0.25) is 0 Å². The van der Waals surface area contributed by atoms with E-state index < -0.39 is 0 Å². The number of benzene rings is 1. The fourth-order valence-electron chi connectivity index (χ4n) is 1.97. The van der Waals surface area contributed by atoms with Crippen molar-refractivity contribution in [2.45, 2.75) is 19.4 Å². The predicted molar refractivity (Wildman–Crippen MR) is 75.2 cm³/mol. The summed E-state index contributed by atoms with van der Waals surface area (Å²) >= 11 is 11.8. The molecule has 2 aromatic rings. The van der Waals surface area contributed by atoms with Crippen LogP contribution in [0.3, 0.4) is 0 Å². The number of furan rings is 1. The number of halogens is 3. The van der Waals surface area contributed by atoms with Gasteiger partial charge in [0, 0.05) is 10.6 Å². The van der Waals surface area contributed by atoms with Crippen LogP contribution in [0.4, 0.5) is 4.39 Å². The minimum Gasteiger partial charge on any atom is -0.448 e. The summed E-state index contributed by atoms with van der Waals surface area (Å²) in [4.78, 5) is 0. The fourth-order valence-corrected chi connectivity index (χ4v) is 2.36. The molecule has 102 valence electrons. The van der Waals surface area contributed by atoms with Gasteiger partial charge in [-0.1, -0.05) is 24.6 Å². The molecule has 0 aliphatic carbocycles. The average molecular weight is 302 g/mol. The van der Waals surface area contributed by atoms with E-state index in [0.29, 0.717) is 28.0 Å². The Morgan fingerprint density at radius 3 is 2.63 bits per heavy atom. The van der Waals surface area contributed by atoms with E-state index in [2.05, 4.69) is 5.32 Å². The second-order valence-electron chi connectivity index (χ2n) is 4.16. The van der Waals surface area contributed by atoms with Gasteiger partial charge in [0.1, 0.15) is 11.6 Å². The maximum Gasteiger partial charge on any atom is 0.193 e. The van der Waals surface area contributed by atoms with Crippen molar-refractivity contribution in [3.63, 3.8) is 0 Å². The highest BCUT2D eigenvalue weighted by molar-refractivity contribution is 6.31. The van der Waals surface area contributed by atoms with E-state index in [0.717, 1.165) is 6.54 Å². The van der Waals surface area contributed by atoms with Crippen LogP contribution in [0.1, 0.15) is 24.3 Å². The minimum atomic E-state index is -0.312. The fraction of sp³-hybridized carbons (Fsp3) is 0.286. The predicted octanol–water partition coefficient (Wildman–Crippen LogP) is 4.62. The van der Waals surface area contributed by atoms with Crippen LogP contribution in [0.2, 0.25) is 10.2 Å². The summed E-state index contributed by atoms with van der Waals surface area (Å²) in [5.74, 6) is 0.360. The number of rotatable bonds is 5. The van der Waals surface area contributed by atoms with Crippen molar-refractivity contribution in [3.8, 4) is 0 Å². The van der Waals surface area contributed by atoms with E-state index in [4.69, 9.17) is 27.6 Å². The molecule has 0 radical (unpaired) electrons. The molecule has 2 rings (SSSR count). The molecule has 19 heavy (non-hydrogen) atoms. The Labute approximate surface area is 121 Å². The molecule has 5 heteroatoms. The molecule has 1 atom stereocenters. The third-order valence-corrected chi connectivity index (χ3v) is 3.42. The lowest BCUT2D eigenvalue weighted by Crippen LogP contribution is -2.23. The van der Waals surface area contributed by atoms with Crippen LogP contribution in [0, 0.1) is 5.82 Å². The Morgan fingerprint density at radius 2 is 2.05 bits per heavy atom. The molecule has 0 aliphatic rings. The summed E-state index contributed by atoms with van der Waals surface area (Å²) in [6.45, 7) is 2.70. The first-order valence-electron chi connectivity index (χ1n) is 6.03. The third kappa shape index (κ3) is 3.50. The molecule has 0 bridgehead atoms. The van der Waals surface area contributed by atoms with Crippen molar-refractivity contribution in [2.24, 2.45) is 0 Å². The van der Waals surface area contributed by atoms with Gasteiger partial charge in [-0.25, -0.2) is 4.39 Å². The summed E-state index contributed by atoms with van der Waals surface area (Å²) < 4.78 is 19.2. The molecule has 0 aliphatic heterocycles. The standard InChI is InChI=1S/C14H14Cl2FNO/c1-2-18-12(13-6-7-14(16)19-13)8-9-10(15)4-3-5-11(9)17/h3-7,12,18H,2,8H2,1H3. The van der Waals surface area contributed by atoms with Crippen LogP contribution < -0.4 is 5.32 Å². The lowest BCUT2D eigenvalue weighted by Gasteiger charge is -2.16. The van der Waals surface area contributed by atoms with Crippen molar-refractivity contribution in [3.05, 3.63) is 57.7 Å². The van der Waals surface area contributed by atoms with Gasteiger partial charge in [-0.2, -0.15) is 0 Å². The number of hydrogen-bond donors (Lipinski definition) is 1. The molecule has 0 saturated heterocycles. The highest BCUT2D eigenvalue weighted by Gasteiger charge is 2.18. The summed E-state index contributed by atoms with van der Waals surface area (Å²) in [5, 5.41) is 3.97. The Balaban J connectivity index is 2.26. The molecule has 0 amide bonds. The Hall–Kier alpha value is -1.03. The molecule has 1 heterocycles. The quantitative estimate of drug-likeness (QED) is 0.872. The molecule has 1 N–H and O–H groups in total. The Kier molecular flexibility index (Phi) is 4.86. The van der Waals surface area contributed by atoms with Crippen LogP contribution in [0.25, 0.3) is 0 Å². The van der Waals surface area contributed by atoms with Crippen LogP contribution in [-0.4, -0.2) is 6.54 Å². The van der Waals surface area contributed by atoms with Crippen LogP contribution >= 0.6 is 23.2 Å². The first-order valence-corrected chi connectivity index (χ1v) is 6.79. The number of likely N-dealkylation sites (N-methyl/N-ethyl adjacent to an activating group) is 1. The van der Waals surface area contributed by atoms with Crippen LogP contribution in [0.5, 0.6) is 0 Å². The Morgan fingerprint density at radius 1 is 1.26 bits per heavy atom. The molecule has 1 unspecified atom stereocenters. The summed E-state index contributed by atoms with van der Waals surface area (Å²) in [5.41, 5.74) is 0.475. The zero-order valence-electron chi connectivity index (χ0n) is 10.4. The van der Waals surface area contributed by atoms with Gasteiger partial charge in [-0.05, 0) is 48.8 Å². The van der Waals surface area contributed by atoms with Gasteiger partial charge in [0.05, 0.1) is 6.04 Å². The van der Waals surface area contributed by atoms with E-state index in [1.54, 1.807) is 24.3 Å². The SMILES string of the molecule is CCNC(Cc1c(F)cccc1Cl)c1ccc(Cl)o1. The van der Waals surface area contributed by atoms with Crippen LogP contribution in [-0.2, 0) is 6.42 Å². The second-order valence-corrected chi connectivity index (χ2v) is 4.94. The van der Waals surface area contributed by atoms with E-state index in [9.17, 15) is 4.39 Å². The largest absolute Gasteiger partial charge is 0.448 e. The number of hydrogen-bond acceptors (Lipinski definition) is 2. The van der Waals surface area contributed by atoms with Crippen molar-refractivity contribution in [1.29, 1.82) is 0 Å². The molecule has 0 saturated carbocycles. The van der Waals surface area contributed by atoms with Gasteiger partial charge in [0.2, 0.25) is 0 Å². The smallest absolute Gasteiger partial charge is 0.193 e. The number of nitrogens with one attached hydrogen (secondary N) is 1.